The molecule has 0 unspecified atom stereocenters. The number of nitrogens with zero attached hydrogens (tertiary/aromatic N) is 4. The van der Waals surface area contributed by atoms with E-state index >= 15 is 0 Å². The Morgan fingerprint density at radius 3 is 2.50 bits per heavy atom. The first-order valence-electron chi connectivity index (χ1n) is 9.28. The molecule has 6 heteroatoms. The van der Waals surface area contributed by atoms with Crippen molar-refractivity contribution >= 4 is 16.7 Å². The first kappa shape index (κ1) is 18.6. The fourth-order valence-corrected chi connectivity index (χ4v) is 3.18. The Morgan fingerprint density at radius 1 is 1.12 bits per heavy atom. The molecular formula is C20H28N4O2. The Balaban J connectivity index is 1.58. The highest BCUT2D eigenvalue weighted by molar-refractivity contribution is 5.81. The van der Waals surface area contributed by atoms with Gasteiger partial charge in [0.2, 0.25) is 5.91 Å². The predicted octanol–water partition coefficient (Wildman–Crippen LogP) is 1.98. The summed E-state index contributed by atoms with van der Waals surface area (Å²) in [6.07, 6.45) is 2.80. The van der Waals surface area contributed by atoms with E-state index in [4.69, 9.17) is 0 Å². The van der Waals surface area contributed by atoms with Crippen molar-refractivity contribution in [2.75, 3.05) is 32.7 Å². The minimum absolute atomic E-state index is 0.00561. The van der Waals surface area contributed by atoms with Gasteiger partial charge >= 0.3 is 0 Å². The standard InChI is InChI=1S/C20H28N4O2/c1-20(2,3)8-9-22-10-12-23(13-11-22)18(25)15-24-19(26)17-7-5-4-6-16(17)14-21-24/h4-7,14H,8-13,15H2,1-3H3. The number of fused-ring (bicyclic) bond motifs is 1. The van der Waals surface area contributed by atoms with E-state index < -0.39 is 0 Å². The van der Waals surface area contributed by atoms with E-state index in [1.54, 1.807) is 12.3 Å². The summed E-state index contributed by atoms with van der Waals surface area (Å²) in [5.41, 5.74) is 0.121. The molecule has 0 radical (unpaired) electrons. The number of hydrogen-bond donors (Lipinski definition) is 0. The third-order valence-electron chi connectivity index (χ3n) is 4.95. The van der Waals surface area contributed by atoms with Gasteiger partial charge in [-0.15, -0.1) is 0 Å². The minimum Gasteiger partial charge on any atom is -0.339 e. The molecule has 3 rings (SSSR count). The van der Waals surface area contributed by atoms with Crippen molar-refractivity contribution in [3.63, 3.8) is 0 Å². The summed E-state index contributed by atoms with van der Waals surface area (Å²) >= 11 is 0. The van der Waals surface area contributed by atoms with Crippen LogP contribution in [0.25, 0.3) is 10.8 Å². The lowest BCUT2D eigenvalue weighted by molar-refractivity contribution is -0.133. The molecule has 0 N–H and O–H groups in total. The smallest absolute Gasteiger partial charge is 0.275 e. The number of carbonyl (C=O) groups is 1. The van der Waals surface area contributed by atoms with Gasteiger partial charge in [0, 0.05) is 31.6 Å². The average Bonchev–Trinajstić information content (AvgIpc) is 2.62. The molecule has 140 valence electrons. The lowest BCUT2D eigenvalue weighted by Crippen LogP contribution is -2.50. The Hall–Kier alpha value is -2.21. The zero-order chi connectivity index (χ0) is 18.7. The minimum atomic E-state index is -0.208. The van der Waals surface area contributed by atoms with Crippen LogP contribution in [0.1, 0.15) is 27.2 Å². The largest absolute Gasteiger partial charge is 0.339 e. The molecule has 1 aliphatic heterocycles. The maximum absolute atomic E-state index is 12.6. The molecule has 1 amide bonds. The van der Waals surface area contributed by atoms with Crippen LogP contribution in [0.2, 0.25) is 0 Å². The van der Waals surface area contributed by atoms with E-state index in [0.717, 1.165) is 31.4 Å². The quantitative estimate of drug-likeness (QED) is 0.840. The van der Waals surface area contributed by atoms with Crippen LogP contribution in [0.3, 0.4) is 0 Å². The van der Waals surface area contributed by atoms with Crippen molar-refractivity contribution in [3.8, 4) is 0 Å². The van der Waals surface area contributed by atoms with Gasteiger partial charge in [-0.2, -0.15) is 5.10 Å². The maximum atomic E-state index is 12.6. The van der Waals surface area contributed by atoms with Gasteiger partial charge < -0.3 is 4.90 Å². The van der Waals surface area contributed by atoms with E-state index in [1.807, 2.05) is 23.1 Å². The highest BCUT2D eigenvalue weighted by Crippen LogP contribution is 2.19. The first-order chi connectivity index (χ1) is 12.3. The first-order valence-corrected chi connectivity index (χ1v) is 9.28. The molecule has 0 aliphatic carbocycles. The molecule has 2 heterocycles. The van der Waals surface area contributed by atoms with Crippen LogP contribution >= 0.6 is 0 Å². The molecule has 1 fully saturated rings. The molecule has 6 nitrogen and oxygen atoms in total. The van der Waals surface area contributed by atoms with Gasteiger partial charge in [-0.1, -0.05) is 39.0 Å². The molecule has 2 aromatic rings. The second kappa shape index (κ2) is 7.58. The van der Waals surface area contributed by atoms with E-state index in [0.29, 0.717) is 23.9 Å². The topological polar surface area (TPSA) is 58.4 Å². The normalized spacial score (nSPS) is 16.2. The van der Waals surface area contributed by atoms with Crippen molar-refractivity contribution < 1.29 is 4.79 Å². The number of carbonyl (C=O) groups excluding carboxylic acids is 1. The number of benzene rings is 1. The third-order valence-corrected chi connectivity index (χ3v) is 4.95. The Kier molecular flexibility index (Phi) is 5.41. The highest BCUT2D eigenvalue weighted by Gasteiger charge is 2.23. The van der Waals surface area contributed by atoms with Crippen LogP contribution in [-0.4, -0.2) is 58.2 Å². The van der Waals surface area contributed by atoms with Crippen LogP contribution < -0.4 is 5.56 Å². The Labute approximate surface area is 154 Å². The van der Waals surface area contributed by atoms with Gasteiger partial charge in [0.15, 0.2) is 0 Å². The van der Waals surface area contributed by atoms with Gasteiger partial charge in [0.25, 0.3) is 5.56 Å². The molecule has 0 atom stereocenters. The van der Waals surface area contributed by atoms with Crippen molar-refractivity contribution in [1.82, 2.24) is 19.6 Å². The molecule has 1 aliphatic rings. The summed E-state index contributed by atoms with van der Waals surface area (Å²) in [7, 11) is 0. The van der Waals surface area contributed by atoms with Crippen LogP contribution in [-0.2, 0) is 11.3 Å². The fourth-order valence-electron chi connectivity index (χ4n) is 3.18. The van der Waals surface area contributed by atoms with Crippen molar-refractivity contribution in [1.29, 1.82) is 0 Å². The van der Waals surface area contributed by atoms with Gasteiger partial charge in [-0.3, -0.25) is 14.5 Å². The van der Waals surface area contributed by atoms with Crippen molar-refractivity contribution in [2.24, 2.45) is 5.41 Å². The van der Waals surface area contributed by atoms with E-state index in [9.17, 15) is 9.59 Å². The van der Waals surface area contributed by atoms with E-state index in [1.165, 1.54) is 4.68 Å². The second-order valence-corrected chi connectivity index (χ2v) is 8.23. The average molecular weight is 356 g/mol. The monoisotopic (exact) mass is 356 g/mol. The lowest BCUT2D eigenvalue weighted by atomic mass is 9.92. The summed E-state index contributed by atoms with van der Waals surface area (Å²) in [6, 6.07) is 7.33. The number of aromatic nitrogens is 2. The van der Waals surface area contributed by atoms with E-state index in [-0.39, 0.29) is 18.0 Å². The zero-order valence-electron chi connectivity index (χ0n) is 15.9. The lowest BCUT2D eigenvalue weighted by Gasteiger charge is -2.36. The number of hydrogen-bond acceptors (Lipinski definition) is 4. The number of rotatable bonds is 4. The van der Waals surface area contributed by atoms with Crippen molar-refractivity contribution in [2.45, 2.75) is 33.7 Å². The van der Waals surface area contributed by atoms with Crippen LogP contribution in [0.5, 0.6) is 0 Å². The molecule has 0 spiro atoms. The van der Waals surface area contributed by atoms with Gasteiger partial charge in [-0.05, 0) is 24.4 Å². The molecule has 26 heavy (non-hydrogen) atoms. The molecule has 1 aromatic heterocycles. The Morgan fingerprint density at radius 2 is 1.81 bits per heavy atom. The maximum Gasteiger partial charge on any atom is 0.275 e. The van der Waals surface area contributed by atoms with E-state index in [2.05, 4.69) is 30.8 Å². The molecule has 1 saturated heterocycles. The van der Waals surface area contributed by atoms with Crippen LogP contribution in [0.15, 0.2) is 35.3 Å². The van der Waals surface area contributed by atoms with Crippen LogP contribution in [0, 0.1) is 5.41 Å². The highest BCUT2D eigenvalue weighted by atomic mass is 16.2. The second-order valence-electron chi connectivity index (χ2n) is 8.23. The number of piperazine rings is 1. The van der Waals surface area contributed by atoms with Crippen LogP contribution in [0.4, 0.5) is 0 Å². The van der Waals surface area contributed by atoms with Gasteiger partial charge in [0.1, 0.15) is 6.54 Å². The number of amides is 1. The predicted molar refractivity (Wildman–Crippen MR) is 103 cm³/mol. The molecule has 1 aromatic carbocycles. The summed E-state index contributed by atoms with van der Waals surface area (Å²) < 4.78 is 1.27. The fraction of sp³-hybridized carbons (Fsp3) is 0.550. The third kappa shape index (κ3) is 4.49. The summed E-state index contributed by atoms with van der Waals surface area (Å²) in [5, 5.41) is 5.56. The van der Waals surface area contributed by atoms with Crippen molar-refractivity contribution in [3.05, 3.63) is 40.8 Å². The SMILES string of the molecule is CC(C)(C)CCN1CCN(C(=O)Cn2ncc3ccccc3c2=O)CC1. The molecule has 0 bridgehead atoms. The Bertz CT molecular complexity index is 830. The summed E-state index contributed by atoms with van der Waals surface area (Å²) in [4.78, 5) is 29.3. The zero-order valence-corrected chi connectivity index (χ0v) is 15.9. The summed E-state index contributed by atoms with van der Waals surface area (Å²) in [6.45, 7) is 11.0. The molecule has 0 saturated carbocycles. The van der Waals surface area contributed by atoms with Gasteiger partial charge in [0.05, 0.1) is 11.6 Å². The summed E-state index contributed by atoms with van der Waals surface area (Å²) in [5.74, 6) is -0.0367. The van der Waals surface area contributed by atoms with Gasteiger partial charge in [-0.25, -0.2) is 4.68 Å². The molecular weight excluding hydrogens is 328 g/mol.